The third kappa shape index (κ3) is 7.11. The second-order valence-corrected chi connectivity index (χ2v) is 7.54. The molecule has 0 saturated heterocycles. The van der Waals surface area contributed by atoms with Gasteiger partial charge in [0, 0.05) is 6.54 Å². The van der Waals surface area contributed by atoms with E-state index in [1.54, 1.807) is 20.8 Å². The highest BCUT2D eigenvalue weighted by Crippen LogP contribution is 2.26. The quantitative estimate of drug-likeness (QED) is 0.661. The Hall–Kier alpha value is -3.08. The number of hydrogen-bond donors (Lipinski definition) is 3. The Bertz CT molecular complexity index is 856. The number of ether oxygens (including phenoxy) is 2. The molecule has 7 nitrogen and oxygen atoms in total. The summed E-state index contributed by atoms with van der Waals surface area (Å²) in [4.78, 5) is 11.7. The van der Waals surface area contributed by atoms with Gasteiger partial charge in [-0.1, -0.05) is 36.4 Å². The number of aliphatic hydroxyl groups is 2. The number of nitrogens with one attached hydrogen (secondary N) is 1. The molecule has 0 heterocycles. The molecule has 2 atom stereocenters. The van der Waals surface area contributed by atoms with Crippen LogP contribution in [0.3, 0.4) is 0 Å². The van der Waals surface area contributed by atoms with Gasteiger partial charge in [-0.25, -0.2) is 4.79 Å². The van der Waals surface area contributed by atoms with Crippen molar-refractivity contribution in [3.63, 3.8) is 0 Å². The van der Waals surface area contributed by atoms with E-state index in [4.69, 9.17) is 9.47 Å². The van der Waals surface area contributed by atoms with Crippen molar-refractivity contribution < 1.29 is 24.5 Å². The fourth-order valence-electron chi connectivity index (χ4n) is 2.51. The van der Waals surface area contributed by atoms with Crippen LogP contribution in [-0.4, -0.2) is 34.6 Å². The van der Waals surface area contributed by atoms with E-state index in [0.717, 1.165) is 5.56 Å². The van der Waals surface area contributed by atoms with Crippen molar-refractivity contribution in [1.82, 2.24) is 5.32 Å². The first-order valence-electron chi connectivity index (χ1n) is 9.23. The van der Waals surface area contributed by atoms with E-state index >= 15 is 0 Å². The molecule has 29 heavy (non-hydrogen) atoms. The average Bonchev–Trinajstić information content (AvgIpc) is 2.69. The van der Waals surface area contributed by atoms with E-state index in [-0.39, 0.29) is 13.2 Å². The standard InChI is InChI=1S/C22H26N2O5/c1-22(2,3)29-21(27)24-13-18(25)20(26)16-9-10-17(12-23)19(11-16)28-14-15-7-5-4-6-8-15/h4-11,18,20,25-26H,13-14H2,1-3H3,(H,24,27). The van der Waals surface area contributed by atoms with Crippen LogP contribution in [0.4, 0.5) is 4.79 Å². The van der Waals surface area contributed by atoms with E-state index in [9.17, 15) is 20.3 Å². The number of nitrogens with zero attached hydrogens (tertiary/aromatic N) is 1. The van der Waals surface area contributed by atoms with Gasteiger partial charge in [-0.2, -0.15) is 5.26 Å². The third-order valence-corrected chi connectivity index (χ3v) is 3.92. The summed E-state index contributed by atoms with van der Waals surface area (Å²) in [6, 6.07) is 16.1. The molecule has 0 bridgehead atoms. The summed E-state index contributed by atoms with van der Waals surface area (Å²) in [5.41, 5.74) is 0.957. The second kappa shape index (κ2) is 9.92. The highest BCUT2D eigenvalue weighted by atomic mass is 16.6. The van der Waals surface area contributed by atoms with Gasteiger partial charge in [-0.05, 0) is 44.0 Å². The van der Waals surface area contributed by atoms with Crippen LogP contribution in [0.1, 0.15) is 43.6 Å². The van der Waals surface area contributed by atoms with Crippen LogP contribution in [-0.2, 0) is 11.3 Å². The van der Waals surface area contributed by atoms with Gasteiger partial charge in [-0.3, -0.25) is 0 Å². The van der Waals surface area contributed by atoms with Crippen LogP contribution in [0.5, 0.6) is 5.75 Å². The van der Waals surface area contributed by atoms with Crippen molar-refractivity contribution in [3.05, 3.63) is 65.2 Å². The summed E-state index contributed by atoms with van der Waals surface area (Å²) >= 11 is 0. The molecule has 0 aliphatic rings. The molecule has 2 rings (SSSR count). The van der Waals surface area contributed by atoms with Gasteiger partial charge < -0.3 is 25.0 Å². The highest BCUT2D eigenvalue weighted by molar-refractivity contribution is 5.67. The number of amides is 1. The van der Waals surface area contributed by atoms with Gasteiger partial charge in [-0.15, -0.1) is 0 Å². The average molecular weight is 398 g/mol. The molecular formula is C22H26N2O5. The molecule has 0 spiro atoms. The molecule has 2 aromatic rings. The Morgan fingerprint density at radius 1 is 1.17 bits per heavy atom. The maximum Gasteiger partial charge on any atom is 0.407 e. The first-order chi connectivity index (χ1) is 13.7. The van der Waals surface area contributed by atoms with Gasteiger partial charge in [0.25, 0.3) is 0 Å². The molecule has 0 radical (unpaired) electrons. The van der Waals surface area contributed by atoms with Gasteiger partial charge in [0.1, 0.15) is 36.2 Å². The van der Waals surface area contributed by atoms with Crippen molar-refractivity contribution in [2.24, 2.45) is 0 Å². The molecule has 2 unspecified atom stereocenters. The number of carbonyl (C=O) groups excluding carboxylic acids is 1. The molecule has 3 N–H and O–H groups in total. The number of aliphatic hydroxyl groups excluding tert-OH is 2. The molecule has 0 aliphatic carbocycles. The SMILES string of the molecule is CC(C)(C)OC(=O)NCC(O)C(O)c1ccc(C#N)c(OCc2ccccc2)c1. The second-order valence-electron chi connectivity index (χ2n) is 7.54. The first kappa shape index (κ1) is 22.2. The van der Waals surface area contributed by atoms with Crippen molar-refractivity contribution in [2.45, 2.75) is 45.2 Å². The number of carbonyl (C=O) groups is 1. The number of hydrogen-bond acceptors (Lipinski definition) is 6. The lowest BCUT2D eigenvalue weighted by atomic mass is 10.0. The maximum absolute atomic E-state index is 11.7. The van der Waals surface area contributed by atoms with Crippen molar-refractivity contribution in [1.29, 1.82) is 5.26 Å². The van der Waals surface area contributed by atoms with Crippen LogP contribution >= 0.6 is 0 Å². The van der Waals surface area contributed by atoms with E-state index in [1.165, 1.54) is 18.2 Å². The minimum Gasteiger partial charge on any atom is -0.488 e. The molecule has 1 amide bonds. The predicted molar refractivity (Wildman–Crippen MR) is 107 cm³/mol. The zero-order valence-corrected chi connectivity index (χ0v) is 16.8. The van der Waals surface area contributed by atoms with E-state index < -0.39 is 23.9 Å². The topological polar surface area (TPSA) is 112 Å². The molecule has 7 heteroatoms. The van der Waals surface area contributed by atoms with Crippen molar-refractivity contribution in [3.8, 4) is 11.8 Å². The lowest BCUT2D eigenvalue weighted by molar-refractivity contribution is 0.0128. The molecule has 0 aliphatic heterocycles. The third-order valence-electron chi connectivity index (χ3n) is 3.92. The van der Waals surface area contributed by atoms with Crippen LogP contribution in [0.25, 0.3) is 0 Å². The summed E-state index contributed by atoms with van der Waals surface area (Å²) in [7, 11) is 0. The summed E-state index contributed by atoms with van der Waals surface area (Å²) in [6.07, 6.45) is -3.23. The van der Waals surface area contributed by atoms with Gasteiger partial charge >= 0.3 is 6.09 Å². The van der Waals surface area contributed by atoms with Crippen molar-refractivity contribution >= 4 is 6.09 Å². The van der Waals surface area contributed by atoms with E-state index in [0.29, 0.717) is 16.9 Å². The number of benzene rings is 2. The Labute approximate surface area is 170 Å². The van der Waals surface area contributed by atoms with E-state index in [2.05, 4.69) is 5.32 Å². The Kier molecular flexibility index (Phi) is 7.59. The van der Waals surface area contributed by atoms with Gasteiger partial charge in [0.2, 0.25) is 0 Å². The smallest absolute Gasteiger partial charge is 0.407 e. The van der Waals surface area contributed by atoms with Gasteiger partial charge in [0.15, 0.2) is 0 Å². The highest BCUT2D eigenvalue weighted by Gasteiger charge is 2.22. The normalized spacial score (nSPS) is 13.1. The van der Waals surface area contributed by atoms with E-state index in [1.807, 2.05) is 36.4 Å². The fourth-order valence-corrected chi connectivity index (χ4v) is 2.51. The summed E-state index contributed by atoms with van der Waals surface area (Å²) < 4.78 is 10.8. The number of nitriles is 1. The van der Waals surface area contributed by atoms with Crippen LogP contribution in [0.15, 0.2) is 48.5 Å². The lowest BCUT2D eigenvalue weighted by Crippen LogP contribution is -2.38. The summed E-state index contributed by atoms with van der Waals surface area (Å²) in [6.45, 7) is 5.25. The van der Waals surface area contributed by atoms with Crippen LogP contribution < -0.4 is 10.1 Å². The Balaban J connectivity index is 2.03. The Morgan fingerprint density at radius 2 is 1.86 bits per heavy atom. The fraction of sp³-hybridized carbons (Fsp3) is 0.364. The predicted octanol–water partition coefficient (Wildman–Crippen LogP) is 3.06. The molecule has 0 saturated carbocycles. The first-order valence-corrected chi connectivity index (χ1v) is 9.23. The molecule has 154 valence electrons. The molecule has 0 aromatic heterocycles. The zero-order valence-electron chi connectivity index (χ0n) is 16.8. The van der Waals surface area contributed by atoms with Gasteiger partial charge in [0.05, 0.1) is 5.56 Å². The molecule has 2 aromatic carbocycles. The molecular weight excluding hydrogens is 372 g/mol. The number of alkyl carbamates (subject to hydrolysis) is 1. The monoisotopic (exact) mass is 398 g/mol. The number of rotatable bonds is 7. The Morgan fingerprint density at radius 3 is 2.48 bits per heavy atom. The largest absolute Gasteiger partial charge is 0.488 e. The van der Waals surface area contributed by atoms with Crippen molar-refractivity contribution in [2.75, 3.05) is 6.54 Å². The molecule has 0 fully saturated rings. The minimum atomic E-state index is -1.28. The summed E-state index contributed by atoms with van der Waals surface area (Å²) in [5, 5.41) is 32.4. The zero-order chi connectivity index (χ0) is 21.4. The lowest BCUT2D eigenvalue weighted by Gasteiger charge is -2.22. The van der Waals surface area contributed by atoms with Crippen LogP contribution in [0, 0.1) is 11.3 Å². The maximum atomic E-state index is 11.7. The van der Waals surface area contributed by atoms with Crippen LogP contribution in [0.2, 0.25) is 0 Å². The summed E-state index contributed by atoms with van der Waals surface area (Å²) in [5.74, 6) is 0.306. The minimum absolute atomic E-state index is 0.198.